The lowest BCUT2D eigenvalue weighted by Crippen LogP contribution is -2.41. The molecule has 0 saturated carbocycles. The van der Waals surface area contributed by atoms with Gasteiger partial charge < -0.3 is 9.80 Å². The van der Waals surface area contributed by atoms with E-state index >= 15 is 0 Å². The molecule has 1 fully saturated rings. The molecule has 1 atom stereocenters. The van der Waals surface area contributed by atoms with Crippen LogP contribution in [0.5, 0.6) is 0 Å². The summed E-state index contributed by atoms with van der Waals surface area (Å²) in [7, 11) is -7.06. The van der Waals surface area contributed by atoms with Crippen molar-refractivity contribution in [1.82, 2.24) is 14.9 Å². The van der Waals surface area contributed by atoms with Crippen LogP contribution in [0.25, 0.3) is 0 Å². The number of carbonyl (C=O) groups excluding carboxylic acids is 1. The van der Waals surface area contributed by atoms with E-state index in [2.05, 4.69) is 28.7 Å². The highest BCUT2D eigenvalue weighted by Crippen LogP contribution is 2.26. The van der Waals surface area contributed by atoms with Crippen molar-refractivity contribution in [3.05, 3.63) is 46.7 Å². The van der Waals surface area contributed by atoms with Crippen molar-refractivity contribution in [3.63, 3.8) is 0 Å². The molecule has 1 unspecified atom stereocenters. The Morgan fingerprint density at radius 2 is 1.80 bits per heavy atom. The third-order valence-corrected chi connectivity index (χ3v) is 9.73. The summed E-state index contributed by atoms with van der Waals surface area (Å²) < 4.78 is 49.3. The summed E-state index contributed by atoms with van der Waals surface area (Å²) >= 11 is 6.22. The molecule has 0 N–H and O–H groups in total. The fraction of sp³-hybridized carbons (Fsp3) is 0.522. The quantitative estimate of drug-likeness (QED) is 0.420. The topological polar surface area (TPSA) is 118 Å². The first-order valence-corrected chi connectivity index (χ1v) is 15.5. The predicted molar refractivity (Wildman–Crippen MR) is 136 cm³/mol. The summed E-state index contributed by atoms with van der Waals surface area (Å²) in [6.45, 7) is 7.70. The van der Waals surface area contributed by atoms with Crippen molar-refractivity contribution in [2.75, 3.05) is 35.2 Å². The van der Waals surface area contributed by atoms with E-state index in [0.29, 0.717) is 6.42 Å². The van der Waals surface area contributed by atoms with E-state index in [1.807, 2.05) is 24.3 Å². The van der Waals surface area contributed by atoms with Crippen LogP contribution in [0.15, 0.2) is 35.6 Å². The first-order chi connectivity index (χ1) is 16.5. The van der Waals surface area contributed by atoms with Gasteiger partial charge in [0.15, 0.2) is 15.5 Å². The maximum atomic E-state index is 13.6. The van der Waals surface area contributed by atoms with E-state index < -0.39 is 36.8 Å². The molecule has 192 valence electrons. The van der Waals surface area contributed by atoms with Crippen LogP contribution in [-0.2, 0) is 26.2 Å². The molecule has 1 aliphatic rings. The minimum atomic E-state index is -3.78. The van der Waals surface area contributed by atoms with Crippen LogP contribution >= 0.6 is 11.6 Å². The number of hydrogen-bond donors (Lipinski definition) is 0. The molecule has 0 radical (unpaired) electrons. The number of sulfone groups is 2. The Bertz CT molecular complexity index is 1260. The normalized spacial score (nSPS) is 17.3. The van der Waals surface area contributed by atoms with E-state index in [1.54, 1.807) is 6.92 Å². The number of anilines is 1. The second kappa shape index (κ2) is 11.2. The van der Waals surface area contributed by atoms with Crippen molar-refractivity contribution < 1.29 is 21.6 Å². The minimum Gasteiger partial charge on any atom is -0.372 e. The van der Waals surface area contributed by atoms with Gasteiger partial charge in [-0.25, -0.2) is 26.8 Å². The lowest BCUT2D eigenvalue weighted by molar-refractivity contribution is 0.0674. The highest BCUT2D eigenvalue weighted by atomic mass is 35.5. The third kappa shape index (κ3) is 6.50. The molecule has 1 amide bonds. The van der Waals surface area contributed by atoms with Gasteiger partial charge in [0.25, 0.3) is 5.91 Å². The molecule has 1 saturated heterocycles. The van der Waals surface area contributed by atoms with Crippen LogP contribution in [0.4, 0.5) is 5.69 Å². The van der Waals surface area contributed by atoms with Crippen molar-refractivity contribution in [3.8, 4) is 0 Å². The van der Waals surface area contributed by atoms with Crippen LogP contribution in [0.2, 0.25) is 5.02 Å². The Balaban J connectivity index is 1.97. The summed E-state index contributed by atoms with van der Waals surface area (Å²) in [5.41, 5.74) is 1.60. The van der Waals surface area contributed by atoms with Gasteiger partial charge in [-0.05, 0) is 44.4 Å². The Kier molecular flexibility index (Phi) is 8.76. The van der Waals surface area contributed by atoms with Gasteiger partial charge in [0.1, 0.15) is 0 Å². The fourth-order valence-electron chi connectivity index (χ4n) is 4.13. The number of rotatable bonds is 10. The molecule has 3 rings (SSSR count). The van der Waals surface area contributed by atoms with Gasteiger partial charge in [0, 0.05) is 31.4 Å². The molecule has 0 spiro atoms. The van der Waals surface area contributed by atoms with Gasteiger partial charge in [-0.2, -0.15) is 0 Å². The van der Waals surface area contributed by atoms with Crippen molar-refractivity contribution in [2.45, 2.75) is 51.4 Å². The van der Waals surface area contributed by atoms with E-state index in [-0.39, 0.29) is 40.9 Å². The van der Waals surface area contributed by atoms with Crippen LogP contribution in [-0.4, -0.2) is 74.0 Å². The van der Waals surface area contributed by atoms with Gasteiger partial charge in [0.2, 0.25) is 15.0 Å². The summed E-state index contributed by atoms with van der Waals surface area (Å²) in [6, 6.07) is 7.15. The number of benzene rings is 1. The smallest absolute Gasteiger partial charge is 0.274 e. The molecule has 1 aromatic carbocycles. The SMILES string of the molecule is CCCS(=O)(=O)c1ncc(Cl)c(C(=O)N(Cc2ccc(N(CC)CC)cc2)C2CCS(=O)(=O)C2)n1. The first-order valence-electron chi connectivity index (χ1n) is 11.6. The third-order valence-electron chi connectivity index (χ3n) is 6.00. The second-order valence-corrected chi connectivity index (χ2v) is 13.1. The van der Waals surface area contributed by atoms with Gasteiger partial charge in [-0.1, -0.05) is 30.7 Å². The molecule has 2 heterocycles. The number of hydrogen-bond acceptors (Lipinski definition) is 8. The molecule has 0 aliphatic carbocycles. The van der Waals surface area contributed by atoms with E-state index in [1.165, 1.54) is 4.90 Å². The van der Waals surface area contributed by atoms with Crippen molar-refractivity contribution in [2.24, 2.45) is 0 Å². The molecule has 0 bridgehead atoms. The number of amides is 1. The number of aromatic nitrogens is 2. The Hall–Kier alpha value is -2.24. The lowest BCUT2D eigenvalue weighted by atomic mass is 10.1. The van der Waals surface area contributed by atoms with Crippen molar-refractivity contribution in [1.29, 1.82) is 0 Å². The van der Waals surface area contributed by atoms with Gasteiger partial charge in [-0.15, -0.1) is 0 Å². The van der Waals surface area contributed by atoms with Gasteiger partial charge >= 0.3 is 0 Å². The lowest BCUT2D eigenvalue weighted by Gasteiger charge is -2.29. The van der Waals surface area contributed by atoms with Crippen LogP contribution in [0.3, 0.4) is 0 Å². The fourth-order valence-corrected chi connectivity index (χ4v) is 7.20. The number of nitrogens with zero attached hydrogens (tertiary/aromatic N) is 4. The van der Waals surface area contributed by atoms with E-state index in [9.17, 15) is 21.6 Å². The maximum absolute atomic E-state index is 13.6. The standard InChI is InChI=1S/C23H31ClN4O5S2/c1-4-12-35(32,33)23-25-14-20(24)21(26-23)22(29)28(19-11-13-34(30,31)16-19)15-17-7-9-18(10-8-17)27(5-2)6-3/h7-10,14,19H,4-6,11-13,15-16H2,1-3H3. The molecule has 1 aromatic heterocycles. The molecule has 2 aromatic rings. The Labute approximate surface area is 212 Å². The highest BCUT2D eigenvalue weighted by molar-refractivity contribution is 7.91. The summed E-state index contributed by atoms with van der Waals surface area (Å²) in [6.07, 6.45) is 1.76. The highest BCUT2D eigenvalue weighted by Gasteiger charge is 2.36. The number of carbonyl (C=O) groups is 1. The summed E-state index contributed by atoms with van der Waals surface area (Å²) in [5, 5.41) is -0.553. The Morgan fingerprint density at radius 1 is 1.14 bits per heavy atom. The maximum Gasteiger partial charge on any atom is 0.274 e. The zero-order valence-electron chi connectivity index (χ0n) is 20.1. The van der Waals surface area contributed by atoms with Crippen LogP contribution < -0.4 is 4.90 Å². The predicted octanol–water partition coefficient (Wildman–Crippen LogP) is 2.99. The second-order valence-electron chi connectivity index (χ2n) is 8.50. The van der Waals surface area contributed by atoms with Gasteiger partial charge in [0.05, 0.1) is 28.5 Å². The van der Waals surface area contributed by atoms with Crippen LogP contribution in [0, 0.1) is 0 Å². The average Bonchev–Trinajstić information content (AvgIpc) is 3.18. The molecule has 1 aliphatic heterocycles. The summed E-state index contributed by atoms with van der Waals surface area (Å²) in [4.78, 5) is 25.1. The van der Waals surface area contributed by atoms with Crippen LogP contribution in [0.1, 0.15) is 49.7 Å². The largest absolute Gasteiger partial charge is 0.372 e. The van der Waals surface area contributed by atoms with E-state index in [0.717, 1.165) is 30.5 Å². The molecule has 12 heteroatoms. The Morgan fingerprint density at radius 3 is 2.34 bits per heavy atom. The van der Waals surface area contributed by atoms with Gasteiger partial charge in [-0.3, -0.25) is 4.79 Å². The minimum absolute atomic E-state index is 0.0179. The van der Waals surface area contributed by atoms with Crippen molar-refractivity contribution >= 4 is 42.9 Å². The summed E-state index contributed by atoms with van der Waals surface area (Å²) in [5.74, 6) is -0.970. The molecule has 9 nitrogen and oxygen atoms in total. The zero-order valence-corrected chi connectivity index (χ0v) is 22.5. The monoisotopic (exact) mass is 542 g/mol. The van der Waals surface area contributed by atoms with E-state index in [4.69, 9.17) is 11.6 Å². The first kappa shape index (κ1) is 27.3. The molecular formula is C23H31ClN4O5S2. The number of halogens is 1. The molecule has 35 heavy (non-hydrogen) atoms. The average molecular weight is 543 g/mol. The zero-order chi connectivity index (χ0) is 25.8. The molecular weight excluding hydrogens is 512 g/mol.